The molecule has 1 fully saturated rings. The monoisotopic (exact) mass is 322 g/mol. The van der Waals surface area contributed by atoms with Crippen molar-refractivity contribution in [1.82, 2.24) is 10.5 Å². The molecule has 1 atom stereocenters. The summed E-state index contributed by atoms with van der Waals surface area (Å²) < 4.78 is 16.4. The molecule has 2 aromatic rings. The van der Waals surface area contributed by atoms with E-state index in [-0.39, 0.29) is 6.10 Å². The van der Waals surface area contributed by atoms with Crippen LogP contribution in [0.1, 0.15) is 17.0 Å². The number of hydrogen-bond acceptors (Lipinski definition) is 5. The smallest absolute Gasteiger partial charge is 0.138 e. The maximum absolute atomic E-state index is 6.29. The van der Waals surface area contributed by atoms with Gasteiger partial charge in [-0.05, 0) is 31.0 Å². The Bertz CT molecular complexity index is 624. The molecule has 1 aliphatic heterocycles. The number of aryl methyl sites for hydroxylation is 1. The molecule has 0 radical (unpaired) electrons. The number of morpholine rings is 1. The first kappa shape index (κ1) is 15.3. The number of nitrogens with zero attached hydrogens (tertiary/aromatic N) is 1. The average molecular weight is 323 g/mol. The quantitative estimate of drug-likeness (QED) is 0.917. The van der Waals surface area contributed by atoms with E-state index in [1.807, 2.05) is 31.2 Å². The summed E-state index contributed by atoms with van der Waals surface area (Å²) in [7, 11) is 0. The molecule has 1 aliphatic rings. The normalized spacial score (nSPS) is 18.4. The molecular formula is C16H19ClN2O3. The lowest BCUT2D eigenvalue weighted by Gasteiger charge is -2.23. The zero-order valence-electron chi connectivity index (χ0n) is 12.5. The molecule has 1 N–H and O–H groups in total. The first-order valence-electron chi connectivity index (χ1n) is 7.36. The first-order chi connectivity index (χ1) is 10.7. The van der Waals surface area contributed by atoms with Crippen molar-refractivity contribution < 1.29 is 14.0 Å². The molecule has 5 nitrogen and oxygen atoms in total. The lowest BCUT2D eigenvalue weighted by molar-refractivity contribution is 0.0292. The van der Waals surface area contributed by atoms with E-state index < -0.39 is 0 Å². The number of aromatic nitrogens is 1. The van der Waals surface area contributed by atoms with Gasteiger partial charge in [0, 0.05) is 19.2 Å². The molecule has 0 aliphatic carbocycles. The highest BCUT2D eigenvalue weighted by atomic mass is 35.5. The fourth-order valence-electron chi connectivity index (χ4n) is 2.44. The third-order valence-corrected chi connectivity index (χ3v) is 3.81. The Kier molecular flexibility index (Phi) is 4.97. The van der Waals surface area contributed by atoms with Crippen molar-refractivity contribution in [1.29, 1.82) is 0 Å². The first-order valence-corrected chi connectivity index (χ1v) is 7.74. The molecule has 1 aromatic heterocycles. The summed E-state index contributed by atoms with van der Waals surface area (Å²) in [4.78, 5) is 0. The van der Waals surface area contributed by atoms with Crippen molar-refractivity contribution >= 4 is 11.6 Å². The Hall–Kier alpha value is -1.56. The second-order valence-electron chi connectivity index (χ2n) is 5.38. The lowest BCUT2D eigenvalue weighted by Crippen LogP contribution is -2.39. The van der Waals surface area contributed by atoms with Crippen LogP contribution in [0.3, 0.4) is 0 Å². The van der Waals surface area contributed by atoms with Crippen LogP contribution in [0.4, 0.5) is 0 Å². The molecule has 0 bridgehead atoms. The minimum absolute atomic E-state index is 0.203. The molecule has 0 amide bonds. The summed E-state index contributed by atoms with van der Waals surface area (Å²) in [6, 6.07) is 7.69. The fraction of sp³-hybridized carbons (Fsp3) is 0.438. The predicted molar refractivity (Wildman–Crippen MR) is 83.3 cm³/mol. The molecular weight excluding hydrogens is 304 g/mol. The zero-order valence-corrected chi connectivity index (χ0v) is 13.2. The van der Waals surface area contributed by atoms with Crippen molar-refractivity contribution in [2.75, 3.05) is 19.7 Å². The second kappa shape index (κ2) is 7.13. The van der Waals surface area contributed by atoms with Crippen LogP contribution in [-0.4, -0.2) is 31.0 Å². The molecule has 1 aromatic carbocycles. The fourth-order valence-corrected chi connectivity index (χ4v) is 2.70. The van der Waals surface area contributed by atoms with Gasteiger partial charge in [-0.15, -0.1) is 0 Å². The third kappa shape index (κ3) is 4.00. The highest BCUT2D eigenvalue weighted by Crippen LogP contribution is 2.27. The maximum Gasteiger partial charge on any atom is 0.138 e. The Morgan fingerprint density at radius 2 is 2.32 bits per heavy atom. The van der Waals surface area contributed by atoms with Crippen molar-refractivity contribution in [3.63, 3.8) is 0 Å². The largest absolute Gasteiger partial charge is 0.486 e. The van der Waals surface area contributed by atoms with Gasteiger partial charge in [-0.25, -0.2) is 0 Å². The summed E-state index contributed by atoms with van der Waals surface area (Å²) in [5, 5.41) is 7.81. The van der Waals surface area contributed by atoms with Gasteiger partial charge in [-0.2, -0.15) is 0 Å². The van der Waals surface area contributed by atoms with Crippen molar-refractivity contribution in [2.45, 2.75) is 26.1 Å². The number of nitrogens with one attached hydrogen (secondary N) is 1. The highest BCUT2D eigenvalue weighted by molar-refractivity contribution is 6.32. The van der Waals surface area contributed by atoms with Crippen LogP contribution in [0.15, 0.2) is 28.8 Å². The van der Waals surface area contributed by atoms with E-state index in [2.05, 4.69) is 10.5 Å². The van der Waals surface area contributed by atoms with Crippen molar-refractivity contribution in [2.24, 2.45) is 0 Å². The summed E-state index contributed by atoms with van der Waals surface area (Å²) in [6.45, 7) is 4.75. The van der Waals surface area contributed by atoms with Crippen LogP contribution >= 0.6 is 11.6 Å². The van der Waals surface area contributed by atoms with Gasteiger partial charge in [0.2, 0.25) is 0 Å². The predicted octanol–water partition coefficient (Wildman–Crippen LogP) is 2.75. The van der Waals surface area contributed by atoms with Gasteiger partial charge in [0.25, 0.3) is 0 Å². The maximum atomic E-state index is 6.29. The van der Waals surface area contributed by atoms with Crippen LogP contribution < -0.4 is 10.1 Å². The Morgan fingerprint density at radius 3 is 3.00 bits per heavy atom. The van der Waals surface area contributed by atoms with Crippen molar-refractivity contribution in [3.8, 4) is 5.75 Å². The van der Waals surface area contributed by atoms with E-state index in [0.29, 0.717) is 17.4 Å². The van der Waals surface area contributed by atoms with Gasteiger partial charge in [0.05, 0.1) is 17.7 Å². The van der Waals surface area contributed by atoms with Gasteiger partial charge < -0.3 is 19.3 Å². The number of halogens is 1. The summed E-state index contributed by atoms with van der Waals surface area (Å²) >= 11 is 6.29. The molecule has 118 valence electrons. The number of benzene rings is 1. The molecule has 22 heavy (non-hydrogen) atoms. The van der Waals surface area contributed by atoms with Gasteiger partial charge in [-0.1, -0.05) is 22.8 Å². The van der Waals surface area contributed by atoms with Crippen LogP contribution in [0.2, 0.25) is 5.02 Å². The number of ether oxygens (including phenoxy) is 2. The molecule has 0 spiro atoms. The minimum Gasteiger partial charge on any atom is -0.486 e. The second-order valence-corrected chi connectivity index (χ2v) is 5.79. The van der Waals surface area contributed by atoms with Gasteiger partial charge in [0.1, 0.15) is 23.8 Å². The van der Waals surface area contributed by atoms with Crippen LogP contribution in [0.5, 0.6) is 5.75 Å². The van der Waals surface area contributed by atoms with Gasteiger partial charge in [0.15, 0.2) is 0 Å². The van der Waals surface area contributed by atoms with Crippen LogP contribution in [-0.2, 0) is 17.8 Å². The van der Waals surface area contributed by atoms with E-state index >= 15 is 0 Å². The zero-order chi connectivity index (χ0) is 15.4. The van der Waals surface area contributed by atoms with E-state index in [1.54, 1.807) is 0 Å². The van der Waals surface area contributed by atoms with Crippen LogP contribution in [0, 0.1) is 6.92 Å². The molecule has 1 saturated heterocycles. The van der Waals surface area contributed by atoms with E-state index in [4.69, 9.17) is 25.6 Å². The minimum atomic E-state index is 0.203. The lowest BCUT2D eigenvalue weighted by atomic mass is 10.1. The topological polar surface area (TPSA) is 56.5 Å². The average Bonchev–Trinajstić information content (AvgIpc) is 2.93. The van der Waals surface area contributed by atoms with Crippen LogP contribution in [0.25, 0.3) is 0 Å². The molecule has 1 unspecified atom stereocenters. The van der Waals surface area contributed by atoms with Gasteiger partial charge >= 0.3 is 0 Å². The molecule has 6 heteroatoms. The highest BCUT2D eigenvalue weighted by Gasteiger charge is 2.15. The molecule has 3 rings (SSSR count). The standard InChI is InChI=1S/C16H19ClN2O3/c1-11-6-13(19-22-11)10-21-16-3-2-12(8-15(16)17)7-14-9-18-4-5-20-14/h2-3,6,8,14,18H,4-5,7,9-10H2,1H3. The third-order valence-electron chi connectivity index (χ3n) is 3.52. The van der Waals surface area contributed by atoms with Gasteiger partial charge in [-0.3, -0.25) is 0 Å². The SMILES string of the molecule is Cc1cc(COc2ccc(CC3CNCCO3)cc2Cl)no1. The van der Waals surface area contributed by atoms with Crippen molar-refractivity contribution in [3.05, 3.63) is 46.3 Å². The van der Waals surface area contributed by atoms with E-state index in [0.717, 1.165) is 43.1 Å². The Morgan fingerprint density at radius 1 is 1.41 bits per heavy atom. The molecule has 0 saturated carbocycles. The number of rotatable bonds is 5. The molecule has 2 heterocycles. The van der Waals surface area contributed by atoms with E-state index in [1.165, 1.54) is 0 Å². The summed E-state index contributed by atoms with van der Waals surface area (Å²) in [5.74, 6) is 1.41. The number of hydrogen-bond donors (Lipinski definition) is 1. The summed E-state index contributed by atoms with van der Waals surface area (Å²) in [6.07, 6.45) is 1.05. The summed E-state index contributed by atoms with van der Waals surface area (Å²) in [5.41, 5.74) is 1.89. The Balaban J connectivity index is 1.59. The van der Waals surface area contributed by atoms with E-state index in [9.17, 15) is 0 Å². The Labute approximate surface area is 134 Å².